The van der Waals surface area contributed by atoms with Crippen molar-refractivity contribution in [2.45, 2.75) is 45.6 Å². The molecule has 1 aromatic carbocycles. The van der Waals surface area contributed by atoms with Gasteiger partial charge in [0, 0.05) is 6.54 Å². The molecule has 1 aromatic rings. The van der Waals surface area contributed by atoms with Crippen LogP contribution in [-0.2, 0) is 6.54 Å². The number of nitrogens with one attached hydrogen (secondary N) is 1. The molecule has 0 aliphatic heterocycles. The van der Waals surface area contributed by atoms with E-state index in [1.807, 2.05) is 18.2 Å². The van der Waals surface area contributed by atoms with Gasteiger partial charge >= 0.3 is 0 Å². The van der Waals surface area contributed by atoms with Crippen LogP contribution in [0.1, 0.15) is 50.2 Å². The highest BCUT2D eigenvalue weighted by Crippen LogP contribution is 2.30. The topological polar surface area (TPSA) is 45.0 Å². The summed E-state index contributed by atoms with van der Waals surface area (Å²) in [6.45, 7) is 4.28. The van der Waals surface area contributed by atoms with Crippen LogP contribution < -0.4 is 10.1 Å². The molecule has 0 radical (unpaired) electrons. The fourth-order valence-electron chi connectivity index (χ4n) is 3.30. The molecule has 1 aliphatic rings. The SMILES string of the molecule is COc1cc(CNCCC2CCCC(C)C2)ccc1C#N. The Morgan fingerprint density at radius 3 is 2.95 bits per heavy atom. The van der Waals surface area contributed by atoms with Crippen LogP contribution in [0.25, 0.3) is 0 Å². The second kappa shape index (κ2) is 8.05. The summed E-state index contributed by atoms with van der Waals surface area (Å²) in [5.74, 6) is 2.47. The third kappa shape index (κ3) is 4.75. The third-order valence-electron chi connectivity index (χ3n) is 4.49. The van der Waals surface area contributed by atoms with Crippen molar-refractivity contribution in [3.05, 3.63) is 29.3 Å². The van der Waals surface area contributed by atoms with Crippen molar-refractivity contribution in [3.8, 4) is 11.8 Å². The van der Waals surface area contributed by atoms with Gasteiger partial charge in [-0.25, -0.2) is 0 Å². The lowest BCUT2D eigenvalue weighted by Gasteiger charge is -2.26. The van der Waals surface area contributed by atoms with E-state index in [1.54, 1.807) is 7.11 Å². The molecule has 0 spiro atoms. The van der Waals surface area contributed by atoms with E-state index in [2.05, 4.69) is 18.3 Å². The molecule has 0 amide bonds. The van der Waals surface area contributed by atoms with Gasteiger partial charge in [0.25, 0.3) is 0 Å². The van der Waals surface area contributed by atoms with Crippen molar-refractivity contribution in [1.82, 2.24) is 5.32 Å². The normalized spacial score (nSPS) is 21.8. The quantitative estimate of drug-likeness (QED) is 0.807. The van der Waals surface area contributed by atoms with Gasteiger partial charge in [-0.1, -0.05) is 32.3 Å². The Balaban J connectivity index is 1.75. The number of hydrogen-bond acceptors (Lipinski definition) is 3. The number of rotatable bonds is 6. The van der Waals surface area contributed by atoms with Crippen molar-refractivity contribution in [2.24, 2.45) is 11.8 Å². The van der Waals surface area contributed by atoms with Gasteiger partial charge in [-0.05, 0) is 48.9 Å². The Hall–Kier alpha value is -1.53. The Morgan fingerprint density at radius 1 is 1.38 bits per heavy atom. The average molecular weight is 286 g/mol. The first-order valence-corrected chi connectivity index (χ1v) is 8.00. The first-order chi connectivity index (χ1) is 10.2. The second-order valence-electron chi connectivity index (χ2n) is 6.25. The maximum absolute atomic E-state index is 8.97. The molecule has 0 heterocycles. The lowest BCUT2D eigenvalue weighted by Crippen LogP contribution is -2.21. The van der Waals surface area contributed by atoms with Gasteiger partial charge in [0.15, 0.2) is 0 Å². The molecular formula is C18H26N2O. The summed E-state index contributed by atoms with van der Waals surface area (Å²) in [6, 6.07) is 7.92. The van der Waals surface area contributed by atoms with E-state index in [4.69, 9.17) is 10.00 Å². The molecular weight excluding hydrogens is 260 g/mol. The molecule has 2 rings (SSSR count). The predicted octanol–water partition coefficient (Wildman–Crippen LogP) is 3.87. The molecule has 0 bridgehead atoms. The van der Waals surface area contributed by atoms with E-state index in [0.717, 1.165) is 24.9 Å². The Labute approximate surface area is 128 Å². The lowest BCUT2D eigenvalue weighted by molar-refractivity contribution is 0.267. The van der Waals surface area contributed by atoms with Gasteiger partial charge in [-0.3, -0.25) is 0 Å². The number of nitriles is 1. The van der Waals surface area contributed by atoms with Crippen LogP contribution in [0.2, 0.25) is 0 Å². The van der Waals surface area contributed by atoms with Crippen LogP contribution in [0.15, 0.2) is 18.2 Å². The molecule has 0 saturated heterocycles. The van der Waals surface area contributed by atoms with E-state index in [0.29, 0.717) is 11.3 Å². The van der Waals surface area contributed by atoms with Crippen molar-refractivity contribution < 1.29 is 4.74 Å². The lowest BCUT2D eigenvalue weighted by atomic mass is 9.81. The van der Waals surface area contributed by atoms with Crippen molar-refractivity contribution in [2.75, 3.05) is 13.7 Å². The molecule has 21 heavy (non-hydrogen) atoms. The summed E-state index contributed by atoms with van der Waals surface area (Å²) in [7, 11) is 1.61. The Bertz CT molecular complexity index is 492. The van der Waals surface area contributed by atoms with Gasteiger partial charge in [0.05, 0.1) is 12.7 Å². The highest BCUT2D eigenvalue weighted by atomic mass is 16.5. The number of methoxy groups -OCH3 is 1. The molecule has 1 aliphatic carbocycles. The van der Waals surface area contributed by atoms with Gasteiger partial charge < -0.3 is 10.1 Å². The summed E-state index contributed by atoms with van der Waals surface area (Å²) in [4.78, 5) is 0. The van der Waals surface area contributed by atoms with Crippen LogP contribution in [0.4, 0.5) is 0 Å². The third-order valence-corrected chi connectivity index (χ3v) is 4.49. The Morgan fingerprint density at radius 2 is 2.24 bits per heavy atom. The molecule has 1 saturated carbocycles. The van der Waals surface area contributed by atoms with Crippen LogP contribution in [0.5, 0.6) is 5.75 Å². The molecule has 1 fully saturated rings. The molecule has 2 atom stereocenters. The zero-order valence-electron chi connectivity index (χ0n) is 13.2. The molecule has 114 valence electrons. The second-order valence-corrected chi connectivity index (χ2v) is 6.25. The van der Waals surface area contributed by atoms with Crippen molar-refractivity contribution >= 4 is 0 Å². The fourth-order valence-corrected chi connectivity index (χ4v) is 3.30. The van der Waals surface area contributed by atoms with Gasteiger partial charge in [0.1, 0.15) is 11.8 Å². The number of ether oxygens (including phenoxy) is 1. The highest BCUT2D eigenvalue weighted by molar-refractivity contribution is 5.45. The summed E-state index contributed by atoms with van der Waals surface area (Å²) < 4.78 is 5.24. The first kappa shape index (κ1) is 15.9. The largest absolute Gasteiger partial charge is 0.495 e. The number of hydrogen-bond donors (Lipinski definition) is 1. The van der Waals surface area contributed by atoms with Crippen molar-refractivity contribution in [1.29, 1.82) is 5.26 Å². The van der Waals surface area contributed by atoms with E-state index < -0.39 is 0 Å². The number of benzene rings is 1. The predicted molar refractivity (Wildman–Crippen MR) is 85.2 cm³/mol. The van der Waals surface area contributed by atoms with Gasteiger partial charge in [0.2, 0.25) is 0 Å². The molecule has 3 nitrogen and oxygen atoms in total. The minimum absolute atomic E-state index is 0.595. The minimum Gasteiger partial charge on any atom is -0.495 e. The zero-order chi connectivity index (χ0) is 15.1. The average Bonchev–Trinajstić information content (AvgIpc) is 2.51. The summed E-state index contributed by atoms with van der Waals surface area (Å²) >= 11 is 0. The Kier molecular flexibility index (Phi) is 6.07. The maximum atomic E-state index is 8.97. The van der Waals surface area contributed by atoms with Crippen LogP contribution >= 0.6 is 0 Å². The monoisotopic (exact) mass is 286 g/mol. The smallest absolute Gasteiger partial charge is 0.136 e. The van der Waals surface area contributed by atoms with Gasteiger partial charge in [-0.2, -0.15) is 5.26 Å². The van der Waals surface area contributed by atoms with Crippen molar-refractivity contribution in [3.63, 3.8) is 0 Å². The number of nitrogens with zero attached hydrogens (tertiary/aromatic N) is 1. The molecule has 1 N–H and O–H groups in total. The van der Waals surface area contributed by atoms with E-state index in [9.17, 15) is 0 Å². The van der Waals surface area contributed by atoms with E-state index in [1.165, 1.54) is 37.7 Å². The first-order valence-electron chi connectivity index (χ1n) is 8.00. The standard InChI is InChI=1S/C18H26N2O/c1-14-4-3-5-15(10-14)8-9-20-13-16-6-7-17(12-19)18(11-16)21-2/h6-7,11,14-15,20H,3-5,8-10,13H2,1-2H3. The summed E-state index contributed by atoms with van der Waals surface area (Å²) in [6.07, 6.45) is 6.88. The molecule has 2 unspecified atom stereocenters. The minimum atomic E-state index is 0.595. The van der Waals surface area contributed by atoms with E-state index >= 15 is 0 Å². The maximum Gasteiger partial charge on any atom is 0.136 e. The highest BCUT2D eigenvalue weighted by Gasteiger charge is 2.18. The van der Waals surface area contributed by atoms with Gasteiger partial charge in [-0.15, -0.1) is 0 Å². The van der Waals surface area contributed by atoms with Crippen LogP contribution in [0, 0.1) is 23.2 Å². The summed E-state index contributed by atoms with van der Waals surface area (Å²) in [5, 5.41) is 12.5. The zero-order valence-corrected chi connectivity index (χ0v) is 13.2. The summed E-state index contributed by atoms with van der Waals surface area (Å²) in [5.41, 5.74) is 1.76. The van der Waals surface area contributed by atoms with Crippen LogP contribution in [-0.4, -0.2) is 13.7 Å². The molecule has 0 aromatic heterocycles. The van der Waals surface area contributed by atoms with Crippen LogP contribution in [0.3, 0.4) is 0 Å². The molecule has 3 heteroatoms. The fraction of sp³-hybridized carbons (Fsp3) is 0.611. The van der Waals surface area contributed by atoms with E-state index in [-0.39, 0.29) is 0 Å².